The molecular weight excluding hydrogens is 286 g/mol. The van der Waals surface area contributed by atoms with Crippen molar-refractivity contribution in [1.29, 1.82) is 0 Å². The van der Waals surface area contributed by atoms with Crippen LogP contribution in [0.2, 0.25) is 0 Å². The van der Waals surface area contributed by atoms with Crippen molar-refractivity contribution in [3.8, 4) is 0 Å². The standard InChI is InChI=1S/C12H20BrNOS/c1-9(2)14-5-7-15-6-4-11-8-12(13)16-10(11)3/h8-9,14H,4-7H2,1-3H3. The molecule has 0 atom stereocenters. The highest BCUT2D eigenvalue weighted by Crippen LogP contribution is 2.26. The molecule has 0 aliphatic carbocycles. The fraction of sp³-hybridized carbons (Fsp3) is 0.667. The van der Waals surface area contributed by atoms with E-state index in [9.17, 15) is 0 Å². The van der Waals surface area contributed by atoms with E-state index in [1.807, 2.05) is 0 Å². The van der Waals surface area contributed by atoms with Crippen LogP contribution in [0.4, 0.5) is 0 Å². The first-order valence-corrected chi connectivity index (χ1v) is 7.26. The lowest BCUT2D eigenvalue weighted by molar-refractivity contribution is 0.137. The SMILES string of the molecule is Cc1sc(Br)cc1CCOCCNC(C)C. The van der Waals surface area contributed by atoms with Gasteiger partial charge in [-0.1, -0.05) is 13.8 Å². The zero-order chi connectivity index (χ0) is 12.0. The number of hydrogen-bond donors (Lipinski definition) is 1. The Hall–Kier alpha value is 0.1000. The minimum Gasteiger partial charge on any atom is -0.380 e. The van der Waals surface area contributed by atoms with Gasteiger partial charge in [0.1, 0.15) is 0 Å². The molecule has 1 aromatic rings. The molecule has 0 unspecified atom stereocenters. The van der Waals surface area contributed by atoms with Crippen molar-refractivity contribution in [3.63, 3.8) is 0 Å². The van der Waals surface area contributed by atoms with E-state index < -0.39 is 0 Å². The second-order valence-corrected chi connectivity index (χ2v) is 6.74. The molecule has 0 aliphatic heterocycles. The van der Waals surface area contributed by atoms with Crippen molar-refractivity contribution in [2.24, 2.45) is 0 Å². The molecular formula is C12H20BrNOS. The molecule has 0 aliphatic rings. The molecule has 0 amide bonds. The first kappa shape index (κ1) is 14.2. The first-order valence-electron chi connectivity index (χ1n) is 5.65. The maximum Gasteiger partial charge on any atom is 0.0704 e. The van der Waals surface area contributed by atoms with Crippen molar-refractivity contribution in [2.45, 2.75) is 33.2 Å². The summed E-state index contributed by atoms with van der Waals surface area (Å²) in [5, 5.41) is 3.33. The summed E-state index contributed by atoms with van der Waals surface area (Å²) in [4.78, 5) is 1.38. The van der Waals surface area contributed by atoms with Crippen LogP contribution in [-0.2, 0) is 11.2 Å². The zero-order valence-corrected chi connectivity index (χ0v) is 12.6. The molecule has 16 heavy (non-hydrogen) atoms. The van der Waals surface area contributed by atoms with Gasteiger partial charge in [-0.3, -0.25) is 0 Å². The van der Waals surface area contributed by atoms with Crippen molar-refractivity contribution in [2.75, 3.05) is 19.8 Å². The molecule has 0 saturated carbocycles. The average molecular weight is 306 g/mol. The van der Waals surface area contributed by atoms with Crippen LogP contribution in [0.3, 0.4) is 0 Å². The minimum atomic E-state index is 0.540. The third kappa shape index (κ3) is 5.43. The van der Waals surface area contributed by atoms with Gasteiger partial charge < -0.3 is 10.1 Å². The Bertz CT molecular complexity index is 312. The molecule has 2 nitrogen and oxygen atoms in total. The van der Waals surface area contributed by atoms with Crippen LogP contribution in [0.15, 0.2) is 9.85 Å². The summed E-state index contributed by atoms with van der Waals surface area (Å²) in [6, 6.07) is 2.73. The Balaban J connectivity index is 2.09. The largest absolute Gasteiger partial charge is 0.380 e. The number of aryl methyl sites for hydroxylation is 1. The lowest BCUT2D eigenvalue weighted by Gasteiger charge is -2.08. The molecule has 0 bridgehead atoms. The van der Waals surface area contributed by atoms with Crippen LogP contribution < -0.4 is 5.32 Å². The van der Waals surface area contributed by atoms with E-state index in [2.05, 4.69) is 48.1 Å². The van der Waals surface area contributed by atoms with Crippen molar-refractivity contribution >= 4 is 27.3 Å². The van der Waals surface area contributed by atoms with Crippen LogP contribution in [0, 0.1) is 6.92 Å². The van der Waals surface area contributed by atoms with E-state index in [0.29, 0.717) is 6.04 Å². The van der Waals surface area contributed by atoms with E-state index in [-0.39, 0.29) is 0 Å². The van der Waals surface area contributed by atoms with Gasteiger partial charge in [-0.25, -0.2) is 0 Å². The van der Waals surface area contributed by atoms with Crippen LogP contribution in [-0.4, -0.2) is 25.8 Å². The molecule has 1 aromatic heterocycles. The van der Waals surface area contributed by atoms with E-state index >= 15 is 0 Å². The Morgan fingerprint density at radius 2 is 2.19 bits per heavy atom. The first-order chi connectivity index (χ1) is 7.59. The lowest BCUT2D eigenvalue weighted by Crippen LogP contribution is -2.26. The van der Waals surface area contributed by atoms with Gasteiger partial charge in [0.05, 0.1) is 17.0 Å². The molecule has 92 valence electrons. The van der Waals surface area contributed by atoms with Crippen molar-refractivity contribution < 1.29 is 4.74 Å². The number of thiophene rings is 1. The highest BCUT2D eigenvalue weighted by Gasteiger charge is 2.03. The van der Waals surface area contributed by atoms with Crippen LogP contribution in [0.1, 0.15) is 24.3 Å². The predicted octanol–water partition coefficient (Wildman–Crippen LogP) is 3.38. The van der Waals surface area contributed by atoms with Gasteiger partial charge in [0.2, 0.25) is 0 Å². The topological polar surface area (TPSA) is 21.3 Å². The molecule has 1 heterocycles. The van der Waals surface area contributed by atoms with Crippen molar-refractivity contribution in [3.05, 3.63) is 20.3 Å². The molecule has 4 heteroatoms. The summed E-state index contributed by atoms with van der Waals surface area (Å²) in [7, 11) is 0. The van der Waals surface area contributed by atoms with E-state index in [0.717, 1.165) is 26.2 Å². The second-order valence-electron chi connectivity index (χ2n) is 4.10. The highest BCUT2D eigenvalue weighted by molar-refractivity contribution is 9.11. The van der Waals surface area contributed by atoms with E-state index in [1.165, 1.54) is 14.2 Å². The number of ether oxygens (including phenoxy) is 1. The zero-order valence-electron chi connectivity index (χ0n) is 10.2. The van der Waals surface area contributed by atoms with Gasteiger partial charge in [0, 0.05) is 17.5 Å². The van der Waals surface area contributed by atoms with Crippen LogP contribution >= 0.6 is 27.3 Å². The maximum atomic E-state index is 5.58. The normalized spacial score (nSPS) is 11.3. The molecule has 0 spiro atoms. The summed E-state index contributed by atoms with van der Waals surface area (Å²) >= 11 is 5.29. The quantitative estimate of drug-likeness (QED) is 0.780. The van der Waals surface area contributed by atoms with Gasteiger partial charge in [-0.2, -0.15) is 0 Å². The number of nitrogens with one attached hydrogen (secondary N) is 1. The predicted molar refractivity (Wildman–Crippen MR) is 74.4 cm³/mol. The van der Waals surface area contributed by atoms with E-state index in [4.69, 9.17) is 4.74 Å². The summed E-state index contributed by atoms with van der Waals surface area (Å²) in [5.74, 6) is 0. The Morgan fingerprint density at radius 1 is 1.44 bits per heavy atom. The molecule has 0 fully saturated rings. The van der Waals surface area contributed by atoms with Crippen LogP contribution in [0.25, 0.3) is 0 Å². The molecule has 0 radical (unpaired) electrons. The van der Waals surface area contributed by atoms with Gasteiger partial charge in [-0.15, -0.1) is 11.3 Å². The smallest absolute Gasteiger partial charge is 0.0704 e. The third-order valence-electron chi connectivity index (χ3n) is 2.31. The maximum absolute atomic E-state index is 5.58. The summed E-state index contributed by atoms with van der Waals surface area (Å²) < 4.78 is 6.79. The number of rotatable bonds is 7. The second kappa shape index (κ2) is 7.43. The molecule has 1 N–H and O–H groups in total. The van der Waals surface area contributed by atoms with Crippen LogP contribution in [0.5, 0.6) is 0 Å². The Kier molecular flexibility index (Phi) is 6.58. The fourth-order valence-corrected chi connectivity index (χ4v) is 3.22. The van der Waals surface area contributed by atoms with Gasteiger partial charge in [-0.05, 0) is 40.9 Å². The third-order valence-corrected chi connectivity index (χ3v) is 3.90. The molecule has 0 saturated heterocycles. The summed E-state index contributed by atoms with van der Waals surface area (Å²) in [5.41, 5.74) is 1.40. The van der Waals surface area contributed by atoms with E-state index in [1.54, 1.807) is 11.3 Å². The Morgan fingerprint density at radius 3 is 2.75 bits per heavy atom. The summed E-state index contributed by atoms with van der Waals surface area (Å²) in [6.07, 6.45) is 1.01. The Labute approximate surface area is 111 Å². The summed E-state index contributed by atoms with van der Waals surface area (Å²) in [6.45, 7) is 8.99. The molecule has 1 rings (SSSR count). The molecule has 0 aromatic carbocycles. The van der Waals surface area contributed by atoms with Gasteiger partial charge in [0.25, 0.3) is 0 Å². The van der Waals surface area contributed by atoms with Gasteiger partial charge in [0.15, 0.2) is 0 Å². The monoisotopic (exact) mass is 305 g/mol. The van der Waals surface area contributed by atoms with Gasteiger partial charge >= 0.3 is 0 Å². The average Bonchev–Trinajstić information content (AvgIpc) is 2.50. The van der Waals surface area contributed by atoms with Crippen molar-refractivity contribution in [1.82, 2.24) is 5.32 Å². The minimum absolute atomic E-state index is 0.540. The highest BCUT2D eigenvalue weighted by atomic mass is 79.9. The lowest BCUT2D eigenvalue weighted by atomic mass is 10.2. The number of halogens is 1. The fourth-order valence-electron chi connectivity index (χ4n) is 1.43. The number of hydrogen-bond acceptors (Lipinski definition) is 3.